The summed E-state index contributed by atoms with van der Waals surface area (Å²) in [6.07, 6.45) is 4.30. The maximum Gasteiger partial charge on any atom is 0.253 e. The number of hydrogen-bond acceptors (Lipinski definition) is 4. The molecule has 0 saturated carbocycles. The molecule has 0 spiro atoms. The van der Waals surface area contributed by atoms with E-state index >= 15 is 0 Å². The Hall–Kier alpha value is -2.56. The molecule has 1 aromatic heterocycles. The summed E-state index contributed by atoms with van der Waals surface area (Å²) in [5.74, 6) is 1.12. The van der Waals surface area contributed by atoms with Crippen LogP contribution in [0.2, 0.25) is 0 Å². The van der Waals surface area contributed by atoms with Gasteiger partial charge in [0.1, 0.15) is 0 Å². The van der Waals surface area contributed by atoms with Crippen LogP contribution in [0.3, 0.4) is 0 Å². The fourth-order valence-electron chi connectivity index (χ4n) is 2.14. The lowest BCUT2D eigenvalue weighted by molar-refractivity contribution is 0.0796. The molecular weight excluding hydrogens is 280 g/mol. The second-order valence-corrected chi connectivity index (χ2v) is 4.90. The van der Waals surface area contributed by atoms with Crippen LogP contribution >= 0.6 is 0 Å². The predicted molar refractivity (Wildman–Crippen MR) is 84.4 cm³/mol. The molecular formula is C17H20N2O3. The number of hydrogen-bond donors (Lipinski definition) is 0. The van der Waals surface area contributed by atoms with Gasteiger partial charge in [0.05, 0.1) is 14.2 Å². The topological polar surface area (TPSA) is 51.7 Å². The molecule has 22 heavy (non-hydrogen) atoms. The molecule has 116 valence electrons. The molecule has 0 aliphatic carbocycles. The summed E-state index contributed by atoms with van der Waals surface area (Å²) >= 11 is 0. The monoisotopic (exact) mass is 300 g/mol. The van der Waals surface area contributed by atoms with Gasteiger partial charge in [-0.15, -0.1) is 0 Å². The van der Waals surface area contributed by atoms with Crippen molar-refractivity contribution in [2.75, 3.05) is 27.8 Å². The molecule has 1 aromatic carbocycles. The van der Waals surface area contributed by atoms with E-state index in [0.29, 0.717) is 23.6 Å². The van der Waals surface area contributed by atoms with Gasteiger partial charge in [0, 0.05) is 31.5 Å². The molecule has 1 heterocycles. The Morgan fingerprint density at radius 1 is 1.09 bits per heavy atom. The molecule has 1 amide bonds. The Kier molecular flexibility index (Phi) is 5.36. The molecule has 0 radical (unpaired) electrons. The van der Waals surface area contributed by atoms with Crippen LogP contribution in [-0.2, 0) is 6.42 Å². The van der Waals surface area contributed by atoms with Crippen LogP contribution in [0.4, 0.5) is 0 Å². The number of likely N-dealkylation sites (N-methyl/N-ethyl adjacent to an activating group) is 1. The van der Waals surface area contributed by atoms with Crippen molar-refractivity contribution >= 4 is 5.91 Å². The molecule has 0 aliphatic heterocycles. The lowest BCUT2D eigenvalue weighted by Gasteiger charge is -2.18. The molecule has 0 atom stereocenters. The number of aromatic nitrogens is 1. The van der Waals surface area contributed by atoms with Crippen LogP contribution in [-0.4, -0.2) is 43.6 Å². The molecule has 0 unspecified atom stereocenters. The van der Waals surface area contributed by atoms with Gasteiger partial charge in [0.15, 0.2) is 11.5 Å². The molecule has 5 nitrogen and oxygen atoms in total. The van der Waals surface area contributed by atoms with Crippen molar-refractivity contribution in [3.8, 4) is 11.5 Å². The Morgan fingerprint density at radius 3 is 2.41 bits per heavy atom. The van der Waals surface area contributed by atoms with Crippen molar-refractivity contribution in [1.82, 2.24) is 9.88 Å². The fraction of sp³-hybridized carbons (Fsp3) is 0.294. The number of methoxy groups -OCH3 is 2. The predicted octanol–water partition coefficient (Wildman–Crippen LogP) is 2.41. The third kappa shape index (κ3) is 3.75. The van der Waals surface area contributed by atoms with Crippen molar-refractivity contribution in [3.63, 3.8) is 0 Å². The highest BCUT2D eigenvalue weighted by Crippen LogP contribution is 2.27. The van der Waals surface area contributed by atoms with Crippen molar-refractivity contribution < 1.29 is 14.3 Å². The average molecular weight is 300 g/mol. The number of rotatable bonds is 6. The number of benzene rings is 1. The Balaban J connectivity index is 2.04. The Bertz CT molecular complexity index is 629. The van der Waals surface area contributed by atoms with E-state index in [1.165, 1.54) is 0 Å². The molecule has 2 aromatic rings. The zero-order valence-corrected chi connectivity index (χ0v) is 13.1. The number of carbonyl (C=O) groups excluding carboxylic acids is 1. The van der Waals surface area contributed by atoms with Crippen molar-refractivity contribution in [2.45, 2.75) is 6.42 Å². The van der Waals surface area contributed by atoms with Crippen LogP contribution in [0.1, 0.15) is 15.9 Å². The summed E-state index contributed by atoms with van der Waals surface area (Å²) in [7, 11) is 4.92. The summed E-state index contributed by atoms with van der Waals surface area (Å²) in [4.78, 5) is 18.1. The zero-order chi connectivity index (χ0) is 15.9. The van der Waals surface area contributed by atoms with E-state index in [1.807, 2.05) is 12.1 Å². The highest BCUT2D eigenvalue weighted by atomic mass is 16.5. The zero-order valence-electron chi connectivity index (χ0n) is 13.1. The average Bonchev–Trinajstić information content (AvgIpc) is 2.59. The SMILES string of the molecule is COc1ccc(C(=O)N(C)CCc2ccncc2)cc1OC. The molecule has 0 saturated heterocycles. The van der Waals surface area contributed by atoms with Crippen LogP contribution in [0.25, 0.3) is 0 Å². The first-order valence-corrected chi connectivity index (χ1v) is 7.02. The van der Waals surface area contributed by atoms with Gasteiger partial charge in [-0.2, -0.15) is 0 Å². The van der Waals surface area contributed by atoms with Gasteiger partial charge in [0.25, 0.3) is 5.91 Å². The Morgan fingerprint density at radius 2 is 1.77 bits per heavy atom. The summed E-state index contributed by atoms with van der Waals surface area (Å²) in [5.41, 5.74) is 1.73. The first kappa shape index (κ1) is 15.8. The van der Waals surface area contributed by atoms with E-state index in [-0.39, 0.29) is 5.91 Å². The quantitative estimate of drug-likeness (QED) is 0.822. The van der Waals surface area contributed by atoms with Gasteiger partial charge in [-0.05, 0) is 42.3 Å². The smallest absolute Gasteiger partial charge is 0.253 e. The lowest BCUT2D eigenvalue weighted by Crippen LogP contribution is -2.28. The summed E-state index contributed by atoms with van der Waals surface area (Å²) in [6.45, 7) is 0.636. The van der Waals surface area contributed by atoms with E-state index in [9.17, 15) is 4.79 Å². The minimum atomic E-state index is -0.0463. The van der Waals surface area contributed by atoms with E-state index < -0.39 is 0 Å². The van der Waals surface area contributed by atoms with Gasteiger partial charge in [-0.25, -0.2) is 0 Å². The number of amides is 1. The van der Waals surface area contributed by atoms with E-state index in [4.69, 9.17) is 9.47 Å². The van der Waals surface area contributed by atoms with Gasteiger partial charge < -0.3 is 14.4 Å². The largest absolute Gasteiger partial charge is 0.493 e. The molecule has 0 N–H and O–H groups in total. The van der Waals surface area contributed by atoms with E-state index in [1.54, 1.807) is 56.8 Å². The minimum Gasteiger partial charge on any atom is -0.493 e. The van der Waals surface area contributed by atoms with Crippen LogP contribution in [0.15, 0.2) is 42.7 Å². The molecule has 2 rings (SSSR count). The van der Waals surface area contributed by atoms with Crippen LogP contribution in [0, 0.1) is 0 Å². The van der Waals surface area contributed by atoms with Gasteiger partial charge >= 0.3 is 0 Å². The van der Waals surface area contributed by atoms with E-state index in [2.05, 4.69) is 4.98 Å². The maximum absolute atomic E-state index is 12.5. The lowest BCUT2D eigenvalue weighted by atomic mass is 10.1. The van der Waals surface area contributed by atoms with Crippen molar-refractivity contribution in [3.05, 3.63) is 53.9 Å². The van der Waals surface area contributed by atoms with Crippen molar-refractivity contribution in [2.24, 2.45) is 0 Å². The second kappa shape index (κ2) is 7.45. The molecule has 0 aliphatic rings. The van der Waals surface area contributed by atoms with E-state index in [0.717, 1.165) is 12.0 Å². The standard InChI is InChI=1S/C17H20N2O3/c1-19(11-8-13-6-9-18-10-7-13)17(20)14-4-5-15(21-2)16(12-14)22-3/h4-7,9-10,12H,8,11H2,1-3H3. The highest BCUT2D eigenvalue weighted by Gasteiger charge is 2.14. The third-order valence-corrected chi connectivity index (χ3v) is 3.46. The summed E-state index contributed by atoms with van der Waals surface area (Å²) < 4.78 is 10.4. The molecule has 0 bridgehead atoms. The number of ether oxygens (including phenoxy) is 2. The van der Waals surface area contributed by atoms with Gasteiger partial charge in [-0.1, -0.05) is 0 Å². The number of carbonyl (C=O) groups is 1. The molecule has 5 heteroatoms. The fourth-order valence-corrected chi connectivity index (χ4v) is 2.14. The summed E-state index contributed by atoms with van der Waals surface area (Å²) in [6, 6.07) is 9.09. The molecule has 0 fully saturated rings. The number of pyridine rings is 1. The Labute approximate surface area is 130 Å². The first-order chi connectivity index (χ1) is 10.7. The maximum atomic E-state index is 12.5. The summed E-state index contributed by atoms with van der Waals surface area (Å²) in [5, 5.41) is 0. The second-order valence-electron chi connectivity index (χ2n) is 4.90. The van der Waals surface area contributed by atoms with Gasteiger partial charge in [0.2, 0.25) is 0 Å². The first-order valence-electron chi connectivity index (χ1n) is 7.02. The minimum absolute atomic E-state index is 0.0463. The third-order valence-electron chi connectivity index (χ3n) is 3.46. The van der Waals surface area contributed by atoms with Gasteiger partial charge in [-0.3, -0.25) is 9.78 Å². The van der Waals surface area contributed by atoms with Crippen molar-refractivity contribution in [1.29, 1.82) is 0 Å². The van der Waals surface area contributed by atoms with Crippen LogP contribution < -0.4 is 9.47 Å². The normalized spacial score (nSPS) is 10.1. The van der Waals surface area contributed by atoms with Crippen LogP contribution in [0.5, 0.6) is 11.5 Å². The number of nitrogens with zero attached hydrogens (tertiary/aromatic N) is 2. The highest BCUT2D eigenvalue weighted by molar-refractivity contribution is 5.94.